The van der Waals surface area contributed by atoms with Crippen molar-refractivity contribution >= 4 is 11.9 Å². The zero-order chi connectivity index (χ0) is 28.7. The fourth-order valence-electron chi connectivity index (χ4n) is 4.22. The minimum Gasteiger partial charge on any atom is -0.481 e. The Morgan fingerprint density at radius 1 is 0.590 bits per heavy atom. The van der Waals surface area contributed by atoms with E-state index >= 15 is 0 Å². The van der Waals surface area contributed by atoms with Gasteiger partial charge in [-0.3, -0.25) is 9.59 Å². The zero-order valence-corrected chi connectivity index (χ0v) is 25.2. The number of aliphatic carboxylic acids is 1. The van der Waals surface area contributed by atoms with E-state index in [1.54, 1.807) is 0 Å². The van der Waals surface area contributed by atoms with Crippen LogP contribution in [0.25, 0.3) is 0 Å². The van der Waals surface area contributed by atoms with E-state index in [1.807, 2.05) is 0 Å². The molecule has 4 nitrogen and oxygen atoms in total. The third kappa shape index (κ3) is 30.0. The molecule has 0 amide bonds. The van der Waals surface area contributed by atoms with Crippen molar-refractivity contribution in [1.82, 2.24) is 0 Å². The molecular formula is C35H58O4. The SMILES string of the molecule is CC/C=C\C/C=C\C/C=C\C/C=C\C/C=C\CCCC(=O)OC(CCCCC)CCCCCCCCC(=O)O. The number of unbranched alkanes of at least 4 members (excludes halogenated alkanes) is 8. The zero-order valence-electron chi connectivity index (χ0n) is 25.2. The summed E-state index contributed by atoms with van der Waals surface area (Å²) in [5, 5.41) is 8.70. The van der Waals surface area contributed by atoms with Gasteiger partial charge in [0.25, 0.3) is 0 Å². The Labute approximate surface area is 240 Å². The van der Waals surface area contributed by atoms with Gasteiger partial charge < -0.3 is 9.84 Å². The lowest BCUT2D eigenvalue weighted by Crippen LogP contribution is -2.18. The summed E-state index contributed by atoms with van der Waals surface area (Å²) >= 11 is 0. The maximum atomic E-state index is 12.4. The molecule has 0 aliphatic heterocycles. The Bertz CT molecular complexity index is 714. The predicted octanol–water partition coefficient (Wildman–Crippen LogP) is 10.6. The molecule has 1 unspecified atom stereocenters. The molecule has 0 spiro atoms. The largest absolute Gasteiger partial charge is 0.481 e. The van der Waals surface area contributed by atoms with Crippen molar-refractivity contribution < 1.29 is 19.4 Å². The van der Waals surface area contributed by atoms with Crippen LogP contribution in [-0.2, 0) is 14.3 Å². The highest BCUT2D eigenvalue weighted by Crippen LogP contribution is 2.17. The van der Waals surface area contributed by atoms with Gasteiger partial charge >= 0.3 is 11.9 Å². The Balaban J connectivity index is 3.94. The van der Waals surface area contributed by atoms with Crippen LogP contribution in [0.15, 0.2) is 60.8 Å². The molecule has 0 heterocycles. The maximum absolute atomic E-state index is 12.4. The second-order valence-corrected chi connectivity index (χ2v) is 10.3. The number of carbonyl (C=O) groups excluding carboxylic acids is 1. The lowest BCUT2D eigenvalue weighted by Gasteiger charge is -2.18. The molecule has 1 atom stereocenters. The molecule has 0 saturated heterocycles. The van der Waals surface area contributed by atoms with Gasteiger partial charge in [-0.2, -0.15) is 0 Å². The summed E-state index contributed by atoms with van der Waals surface area (Å²) in [7, 11) is 0. The molecule has 0 bridgehead atoms. The summed E-state index contributed by atoms with van der Waals surface area (Å²) in [5.74, 6) is -0.762. The number of rotatable bonds is 27. The lowest BCUT2D eigenvalue weighted by atomic mass is 10.0. The van der Waals surface area contributed by atoms with E-state index in [-0.39, 0.29) is 18.5 Å². The van der Waals surface area contributed by atoms with Crippen molar-refractivity contribution in [3.63, 3.8) is 0 Å². The molecule has 222 valence electrons. The average molecular weight is 543 g/mol. The Morgan fingerprint density at radius 3 is 1.62 bits per heavy atom. The summed E-state index contributed by atoms with van der Waals surface area (Å²) in [5.41, 5.74) is 0. The summed E-state index contributed by atoms with van der Waals surface area (Å²) in [6.07, 6.45) is 41.1. The van der Waals surface area contributed by atoms with Gasteiger partial charge in [-0.25, -0.2) is 0 Å². The van der Waals surface area contributed by atoms with Crippen molar-refractivity contribution in [2.75, 3.05) is 0 Å². The van der Waals surface area contributed by atoms with Gasteiger partial charge in [0.05, 0.1) is 0 Å². The van der Waals surface area contributed by atoms with Crippen LogP contribution < -0.4 is 0 Å². The van der Waals surface area contributed by atoms with E-state index in [0.29, 0.717) is 6.42 Å². The number of carboxylic acids is 1. The van der Waals surface area contributed by atoms with Gasteiger partial charge in [0.1, 0.15) is 6.10 Å². The maximum Gasteiger partial charge on any atom is 0.306 e. The second kappa shape index (κ2) is 30.2. The van der Waals surface area contributed by atoms with Crippen molar-refractivity contribution in [3.05, 3.63) is 60.8 Å². The first kappa shape index (κ1) is 36.6. The molecule has 1 N–H and O–H groups in total. The van der Waals surface area contributed by atoms with Crippen LogP contribution in [0.1, 0.15) is 142 Å². The van der Waals surface area contributed by atoms with Gasteiger partial charge in [0.15, 0.2) is 0 Å². The smallest absolute Gasteiger partial charge is 0.306 e. The number of carbonyl (C=O) groups is 2. The first-order valence-corrected chi connectivity index (χ1v) is 15.8. The van der Waals surface area contributed by atoms with Crippen LogP contribution in [0.2, 0.25) is 0 Å². The molecule has 4 heteroatoms. The monoisotopic (exact) mass is 542 g/mol. The van der Waals surface area contributed by atoms with Crippen molar-refractivity contribution in [2.45, 2.75) is 148 Å². The molecule has 0 radical (unpaired) electrons. The normalized spacial score (nSPS) is 13.1. The highest BCUT2D eigenvalue weighted by molar-refractivity contribution is 5.69. The van der Waals surface area contributed by atoms with Crippen LogP contribution in [0, 0.1) is 0 Å². The number of hydrogen-bond donors (Lipinski definition) is 1. The fraction of sp³-hybridized carbons (Fsp3) is 0.657. The van der Waals surface area contributed by atoms with E-state index < -0.39 is 5.97 Å². The fourth-order valence-corrected chi connectivity index (χ4v) is 4.22. The van der Waals surface area contributed by atoms with Gasteiger partial charge in [0.2, 0.25) is 0 Å². The van der Waals surface area contributed by atoms with E-state index in [4.69, 9.17) is 9.84 Å². The summed E-state index contributed by atoms with van der Waals surface area (Å²) in [4.78, 5) is 23.0. The highest BCUT2D eigenvalue weighted by atomic mass is 16.5. The van der Waals surface area contributed by atoms with E-state index in [9.17, 15) is 9.59 Å². The molecular weight excluding hydrogens is 484 g/mol. The van der Waals surface area contributed by atoms with E-state index in [2.05, 4.69) is 74.6 Å². The molecule has 0 aliphatic carbocycles. The summed E-state index contributed by atoms with van der Waals surface area (Å²) < 4.78 is 5.84. The summed E-state index contributed by atoms with van der Waals surface area (Å²) in [6, 6.07) is 0. The topological polar surface area (TPSA) is 63.6 Å². The molecule has 0 aromatic rings. The number of hydrogen-bond acceptors (Lipinski definition) is 3. The number of allylic oxidation sites excluding steroid dienone is 10. The van der Waals surface area contributed by atoms with Crippen LogP contribution >= 0.6 is 0 Å². The quantitative estimate of drug-likeness (QED) is 0.0637. The second-order valence-electron chi connectivity index (χ2n) is 10.3. The van der Waals surface area contributed by atoms with Gasteiger partial charge in [0, 0.05) is 12.8 Å². The van der Waals surface area contributed by atoms with Gasteiger partial charge in [-0.05, 0) is 77.0 Å². The van der Waals surface area contributed by atoms with Crippen LogP contribution in [-0.4, -0.2) is 23.1 Å². The molecule has 0 aromatic carbocycles. The van der Waals surface area contributed by atoms with Crippen molar-refractivity contribution in [1.29, 1.82) is 0 Å². The Morgan fingerprint density at radius 2 is 1.08 bits per heavy atom. The molecule has 0 aliphatic rings. The molecule has 0 aromatic heterocycles. The van der Waals surface area contributed by atoms with E-state index in [1.165, 1.54) is 12.8 Å². The average Bonchev–Trinajstić information content (AvgIpc) is 2.91. The molecule has 0 fully saturated rings. The Kier molecular flexibility index (Phi) is 28.4. The van der Waals surface area contributed by atoms with Crippen molar-refractivity contribution in [2.24, 2.45) is 0 Å². The third-order valence-electron chi connectivity index (χ3n) is 6.50. The van der Waals surface area contributed by atoms with Crippen molar-refractivity contribution in [3.8, 4) is 0 Å². The lowest BCUT2D eigenvalue weighted by molar-refractivity contribution is -0.150. The van der Waals surface area contributed by atoms with Gasteiger partial charge in [-0.15, -0.1) is 0 Å². The van der Waals surface area contributed by atoms with Crippen LogP contribution in [0.3, 0.4) is 0 Å². The minimum absolute atomic E-state index is 0.0461. The first-order valence-electron chi connectivity index (χ1n) is 15.8. The number of carboxylic acid groups (broad SMARTS) is 1. The molecule has 39 heavy (non-hydrogen) atoms. The van der Waals surface area contributed by atoms with Gasteiger partial charge in [-0.1, -0.05) is 113 Å². The molecule has 0 rings (SSSR count). The predicted molar refractivity (Wildman–Crippen MR) is 167 cm³/mol. The standard InChI is InChI=1S/C35H58O4/c1-3-5-7-8-9-10-11-12-13-14-15-16-17-18-19-24-28-32-35(38)39-33(29-25-6-4-2)30-26-22-20-21-23-27-31-34(36)37/h5,7,9-10,12-13,15-16,18-19,33H,3-4,6,8,11,14,17,20-32H2,1-2H3,(H,36,37)/b7-5-,10-9-,13-12-,16-15-,19-18-. The van der Waals surface area contributed by atoms with Crippen LogP contribution in [0.5, 0.6) is 0 Å². The minimum atomic E-state index is -0.704. The summed E-state index contributed by atoms with van der Waals surface area (Å²) in [6.45, 7) is 4.35. The van der Waals surface area contributed by atoms with Crippen LogP contribution in [0.4, 0.5) is 0 Å². The van der Waals surface area contributed by atoms with E-state index in [0.717, 1.165) is 103 Å². The number of ether oxygens (including phenoxy) is 1. The number of esters is 1. The molecule has 0 saturated carbocycles. The highest BCUT2D eigenvalue weighted by Gasteiger charge is 2.13. The third-order valence-corrected chi connectivity index (χ3v) is 6.50. The first-order chi connectivity index (χ1) is 19.1. The Hall–Kier alpha value is -2.36.